The Morgan fingerprint density at radius 3 is 2.46 bits per heavy atom. The summed E-state index contributed by atoms with van der Waals surface area (Å²) in [5.41, 5.74) is 3.90. The SMILES string of the molecule is OC[C@@H]1[C@@H](Cc2ccnc(C3CC3)n2)[C@H](NC2Cc3ccccc3C2)C[C@H]1O. The average molecular weight is 380 g/mol. The standard InChI is InChI=1S/C23H29N3O2/c27-13-20-19(11-17-7-8-24-23(26-17)14-5-6-14)21(12-22(20)28)25-18-9-15-3-1-2-4-16(15)10-18/h1-4,7-8,14,18-22,25,27-28H,5-6,9-13H2/t19-,20-,21-,22-/m1/s1. The van der Waals surface area contributed by atoms with E-state index in [1.54, 1.807) is 0 Å². The number of aliphatic hydroxyl groups is 2. The number of hydrogen-bond acceptors (Lipinski definition) is 5. The Bertz CT molecular complexity index is 813. The second kappa shape index (κ2) is 7.54. The van der Waals surface area contributed by atoms with Crippen LogP contribution in [-0.2, 0) is 19.3 Å². The van der Waals surface area contributed by atoms with Crippen LogP contribution in [0.3, 0.4) is 0 Å². The van der Waals surface area contributed by atoms with Crippen molar-refractivity contribution in [3.63, 3.8) is 0 Å². The molecule has 2 fully saturated rings. The molecule has 0 radical (unpaired) electrons. The van der Waals surface area contributed by atoms with Gasteiger partial charge in [-0.1, -0.05) is 24.3 Å². The van der Waals surface area contributed by atoms with E-state index in [1.165, 1.54) is 24.0 Å². The second-order valence-electron chi connectivity index (χ2n) is 8.84. The molecule has 1 aromatic carbocycles. The van der Waals surface area contributed by atoms with Gasteiger partial charge in [-0.15, -0.1) is 0 Å². The van der Waals surface area contributed by atoms with Gasteiger partial charge in [0, 0.05) is 42.4 Å². The smallest absolute Gasteiger partial charge is 0.131 e. The molecule has 5 nitrogen and oxygen atoms in total. The molecule has 0 aliphatic heterocycles. The molecule has 3 N–H and O–H groups in total. The molecule has 0 saturated heterocycles. The van der Waals surface area contributed by atoms with Crippen molar-refractivity contribution in [2.45, 2.75) is 62.6 Å². The highest BCUT2D eigenvalue weighted by Gasteiger charge is 2.43. The maximum absolute atomic E-state index is 10.6. The van der Waals surface area contributed by atoms with Crippen molar-refractivity contribution < 1.29 is 10.2 Å². The fourth-order valence-corrected chi connectivity index (χ4v) is 5.22. The van der Waals surface area contributed by atoms with Gasteiger partial charge in [-0.25, -0.2) is 9.97 Å². The van der Waals surface area contributed by atoms with Crippen LogP contribution in [0.2, 0.25) is 0 Å². The lowest BCUT2D eigenvalue weighted by atomic mass is 9.88. The molecule has 5 rings (SSSR count). The molecule has 0 spiro atoms. The van der Waals surface area contributed by atoms with Gasteiger partial charge in [-0.05, 0) is 61.6 Å². The molecule has 2 aromatic rings. The number of aliphatic hydroxyl groups excluding tert-OH is 2. The molecule has 3 aliphatic carbocycles. The summed E-state index contributed by atoms with van der Waals surface area (Å²) in [4.78, 5) is 9.22. The Kier molecular flexibility index (Phi) is 4.91. The Labute approximate surface area is 166 Å². The number of fused-ring (bicyclic) bond motifs is 1. The van der Waals surface area contributed by atoms with Crippen molar-refractivity contribution in [1.82, 2.24) is 15.3 Å². The first-order valence-electron chi connectivity index (χ1n) is 10.6. The third-order valence-electron chi connectivity index (χ3n) is 6.89. The number of nitrogens with zero attached hydrogens (tertiary/aromatic N) is 2. The second-order valence-corrected chi connectivity index (χ2v) is 8.84. The molecule has 5 heteroatoms. The normalized spacial score (nSPS) is 29.9. The fourth-order valence-electron chi connectivity index (χ4n) is 5.22. The average Bonchev–Trinajstić information content (AvgIpc) is 3.41. The molecular formula is C23H29N3O2. The van der Waals surface area contributed by atoms with Gasteiger partial charge < -0.3 is 15.5 Å². The highest BCUT2D eigenvalue weighted by molar-refractivity contribution is 5.33. The zero-order chi connectivity index (χ0) is 19.1. The Morgan fingerprint density at radius 2 is 1.79 bits per heavy atom. The Morgan fingerprint density at radius 1 is 1.04 bits per heavy atom. The zero-order valence-corrected chi connectivity index (χ0v) is 16.2. The van der Waals surface area contributed by atoms with Crippen LogP contribution < -0.4 is 5.32 Å². The van der Waals surface area contributed by atoms with Gasteiger partial charge >= 0.3 is 0 Å². The van der Waals surface area contributed by atoms with Gasteiger partial charge in [0.1, 0.15) is 5.82 Å². The van der Waals surface area contributed by atoms with Crippen LogP contribution in [0.1, 0.15) is 47.8 Å². The maximum atomic E-state index is 10.6. The van der Waals surface area contributed by atoms with Crippen molar-refractivity contribution >= 4 is 0 Å². The van der Waals surface area contributed by atoms with Crippen LogP contribution in [0.5, 0.6) is 0 Å². The first kappa shape index (κ1) is 18.2. The van der Waals surface area contributed by atoms with Crippen molar-refractivity contribution in [3.8, 4) is 0 Å². The zero-order valence-electron chi connectivity index (χ0n) is 16.2. The summed E-state index contributed by atoms with van der Waals surface area (Å²) < 4.78 is 0. The molecule has 2 saturated carbocycles. The van der Waals surface area contributed by atoms with E-state index in [2.05, 4.69) is 34.6 Å². The van der Waals surface area contributed by atoms with Crippen LogP contribution in [0.4, 0.5) is 0 Å². The molecule has 3 aliphatic rings. The maximum Gasteiger partial charge on any atom is 0.131 e. The van der Waals surface area contributed by atoms with E-state index in [0.29, 0.717) is 18.4 Å². The van der Waals surface area contributed by atoms with Crippen LogP contribution in [0, 0.1) is 11.8 Å². The predicted molar refractivity (Wildman–Crippen MR) is 107 cm³/mol. The number of benzene rings is 1. The van der Waals surface area contributed by atoms with E-state index in [-0.39, 0.29) is 24.5 Å². The van der Waals surface area contributed by atoms with Crippen molar-refractivity contribution in [1.29, 1.82) is 0 Å². The summed E-state index contributed by atoms with van der Waals surface area (Å²) in [5, 5.41) is 24.3. The third-order valence-corrected chi connectivity index (χ3v) is 6.89. The van der Waals surface area contributed by atoms with Gasteiger partial charge in [0.15, 0.2) is 0 Å². The van der Waals surface area contributed by atoms with Crippen LogP contribution in [0.25, 0.3) is 0 Å². The minimum atomic E-state index is -0.457. The Hall–Kier alpha value is -1.82. The predicted octanol–water partition coefficient (Wildman–Crippen LogP) is 2.01. The molecule has 0 bridgehead atoms. The molecule has 1 heterocycles. The summed E-state index contributed by atoms with van der Waals surface area (Å²) in [6.45, 7) is 0.0233. The van der Waals surface area contributed by atoms with Gasteiger partial charge in [-0.3, -0.25) is 0 Å². The summed E-state index contributed by atoms with van der Waals surface area (Å²) in [7, 11) is 0. The summed E-state index contributed by atoms with van der Waals surface area (Å²) in [6, 6.07) is 11.2. The molecule has 148 valence electrons. The fraction of sp³-hybridized carbons (Fsp3) is 0.565. The number of hydrogen-bond donors (Lipinski definition) is 3. The lowest BCUT2D eigenvalue weighted by Crippen LogP contribution is -2.43. The molecule has 28 heavy (non-hydrogen) atoms. The number of aromatic nitrogens is 2. The lowest BCUT2D eigenvalue weighted by molar-refractivity contribution is 0.0715. The summed E-state index contributed by atoms with van der Waals surface area (Å²) in [6.07, 6.45) is 7.35. The highest BCUT2D eigenvalue weighted by Crippen LogP contribution is 2.39. The van der Waals surface area contributed by atoms with Gasteiger partial charge in [0.25, 0.3) is 0 Å². The quantitative estimate of drug-likeness (QED) is 0.716. The van der Waals surface area contributed by atoms with Crippen LogP contribution in [-0.4, -0.2) is 45.0 Å². The molecule has 0 amide bonds. The third kappa shape index (κ3) is 3.59. The molecule has 0 unspecified atom stereocenters. The van der Waals surface area contributed by atoms with Gasteiger partial charge in [0.05, 0.1) is 6.10 Å². The largest absolute Gasteiger partial charge is 0.396 e. The van der Waals surface area contributed by atoms with E-state index in [0.717, 1.165) is 30.8 Å². The summed E-state index contributed by atoms with van der Waals surface area (Å²) in [5.74, 6) is 1.59. The topological polar surface area (TPSA) is 78.3 Å². The van der Waals surface area contributed by atoms with E-state index < -0.39 is 6.10 Å². The van der Waals surface area contributed by atoms with Crippen molar-refractivity contribution in [2.24, 2.45) is 11.8 Å². The molecule has 4 atom stereocenters. The van der Waals surface area contributed by atoms with E-state index >= 15 is 0 Å². The Balaban J connectivity index is 1.31. The van der Waals surface area contributed by atoms with E-state index in [9.17, 15) is 10.2 Å². The number of rotatable bonds is 6. The van der Waals surface area contributed by atoms with Crippen LogP contribution in [0.15, 0.2) is 36.5 Å². The first-order valence-corrected chi connectivity index (χ1v) is 10.6. The van der Waals surface area contributed by atoms with Crippen molar-refractivity contribution in [2.75, 3.05) is 6.61 Å². The minimum Gasteiger partial charge on any atom is -0.396 e. The summed E-state index contributed by atoms with van der Waals surface area (Å²) >= 11 is 0. The van der Waals surface area contributed by atoms with Gasteiger partial charge in [-0.2, -0.15) is 0 Å². The van der Waals surface area contributed by atoms with E-state index in [4.69, 9.17) is 4.98 Å². The van der Waals surface area contributed by atoms with E-state index in [1.807, 2.05) is 12.3 Å². The van der Waals surface area contributed by atoms with Gasteiger partial charge in [0.2, 0.25) is 0 Å². The van der Waals surface area contributed by atoms with Crippen molar-refractivity contribution in [3.05, 3.63) is 59.2 Å². The minimum absolute atomic E-state index is 0.0233. The highest BCUT2D eigenvalue weighted by atomic mass is 16.3. The monoisotopic (exact) mass is 379 g/mol. The first-order chi connectivity index (χ1) is 13.7. The molecule has 1 aromatic heterocycles. The lowest BCUT2D eigenvalue weighted by Gasteiger charge is -2.27. The molecular weight excluding hydrogens is 350 g/mol. The van der Waals surface area contributed by atoms with Crippen LogP contribution >= 0.6 is 0 Å². The number of nitrogens with one attached hydrogen (secondary N) is 1.